The summed E-state index contributed by atoms with van der Waals surface area (Å²) in [6, 6.07) is 6.74. The third-order valence-corrected chi connectivity index (χ3v) is 3.76. The van der Waals surface area contributed by atoms with E-state index >= 15 is 0 Å². The van der Waals surface area contributed by atoms with Gasteiger partial charge in [0.2, 0.25) is 0 Å². The van der Waals surface area contributed by atoms with Gasteiger partial charge in [0.1, 0.15) is 0 Å². The number of nitrogens with zero attached hydrogens (tertiary/aromatic N) is 1. The van der Waals surface area contributed by atoms with E-state index in [1.807, 2.05) is 0 Å². The Labute approximate surface area is 110 Å². The topological polar surface area (TPSA) is 66.8 Å². The first-order valence-corrected chi connectivity index (χ1v) is 6.39. The number of amides is 2. The third-order valence-electron chi connectivity index (χ3n) is 3.76. The summed E-state index contributed by atoms with van der Waals surface area (Å²) in [4.78, 5) is 25.4. The highest BCUT2D eigenvalue weighted by atomic mass is 16.5. The molecule has 0 bridgehead atoms. The van der Waals surface area contributed by atoms with Crippen LogP contribution >= 0.6 is 0 Å². The molecule has 0 aromatic heterocycles. The first kappa shape index (κ1) is 12.3. The van der Waals surface area contributed by atoms with Crippen molar-refractivity contribution in [1.82, 2.24) is 4.90 Å². The number of fused-ring (bicyclic) bond motifs is 1. The molecule has 2 heterocycles. The van der Waals surface area contributed by atoms with Gasteiger partial charge in [-0.2, -0.15) is 0 Å². The van der Waals surface area contributed by atoms with E-state index in [2.05, 4.69) is 0 Å². The number of β-amino-alcohol motifs (C(OH)–C–C–N with tert-alkyl or cyclic N) is 1. The number of benzene rings is 1. The Morgan fingerprint density at radius 2 is 1.89 bits per heavy atom. The minimum Gasteiger partial charge on any atom is -0.391 e. The third kappa shape index (κ3) is 2.05. The van der Waals surface area contributed by atoms with Crippen LogP contribution in [0.25, 0.3) is 0 Å². The molecule has 1 saturated heterocycles. The first-order chi connectivity index (χ1) is 9.18. The Morgan fingerprint density at radius 1 is 1.26 bits per heavy atom. The number of aliphatic hydroxyl groups excluding tert-OH is 1. The SMILES string of the molecule is O=C1c2ccccc2C(=O)N1CC(O)C1CCOC1. The van der Waals surface area contributed by atoms with E-state index in [0.29, 0.717) is 24.3 Å². The van der Waals surface area contributed by atoms with Crippen LogP contribution in [0, 0.1) is 5.92 Å². The lowest BCUT2D eigenvalue weighted by atomic mass is 10.0. The second-order valence-corrected chi connectivity index (χ2v) is 4.96. The first-order valence-electron chi connectivity index (χ1n) is 6.39. The number of aliphatic hydroxyl groups is 1. The Morgan fingerprint density at radius 3 is 2.42 bits per heavy atom. The number of rotatable bonds is 3. The summed E-state index contributed by atoms with van der Waals surface area (Å²) < 4.78 is 5.21. The molecule has 1 fully saturated rings. The summed E-state index contributed by atoms with van der Waals surface area (Å²) in [7, 11) is 0. The maximum absolute atomic E-state index is 12.1. The largest absolute Gasteiger partial charge is 0.391 e. The van der Waals surface area contributed by atoms with E-state index in [4.69, 9.17) is 4.74 Å². The van der Waals surface area contributed by atoms with E-state index in [0.717, 1.165) is 11.3 Å². The summed E-state index contributed by atoms with van der Waals surface area (Å²) in [6.45, 7) is 1.16. The maximum Gasteiger partial charge on any atom is 0.261 e. The fraction of sp³-hybridized carbons (Fsp3) is 0.429. The minimum absolute atomic E-state index is 0.00399. The van der Waals surface area contributed by atoms with Crippen molar-refractivity contribution in [1.29, 1.82) is 0 Å². The number of carbonyl (C=O) groups excluding carboxylic acids is 2. The highest BCUT2D eigenvalue weighted by Crippen LogP contribution is 2.24. The van der Waals surface area contributed by atoms with Gasteiger partial charge < -0.3 is 9.84 Å². The van der Waals surface area contributed by atoms with E-state index < -0.39 is 6.10 Å². The average molecular weight is 261 g/mol. The lowest BCUT2D eigenvalue weighted by molar-refractivity contribution is 0.0406. The van der Waals surface area contributed by atoms with Crippen molar-refractivity contribution in [2.45, 2.75) is 12.5 Å². The van der Waals surface area contributed by atoms with Crippen LogP contribution in [0.15, 0.2) is 24.3 Å². The summed E-state index contributed by atoms with van der Waals surface area (Å²) in [6.07, 6.45) is 0.0503. The highest BCUT2D eigenvalue weighted by Gasteiger charge is 2.37. The minimum atomic E-state index is -0.718. The lowest BCUT2D eigenvalue weighted by Gasteiger charge is -2.22. The lowest BCUT2D eigenvalue weighted by Crippen LogP contribution is -2.40. The number of hydrogen-bond donors (Lipinski definition) is 1. The molecule has 100 valence electrons. The van der Waals surface area contributed by atoms with Gasteiger partial charge in [-0.25, -0.2) is 0 Å². The molecular formula is C14H15NO4. The van der Waals surface area contributed by atoms with Crippen LogP contribution in [0.1, 0.15) is 27.1 Å². The van der Waals surface area contributed by atoms with Gasteiger partial charge >= 0.3 is 0 Å². The molecule has 3 rings (SSSR count). The van der Waals surface area contributed by atoms with Crippen LogP contribution in [0.3, 0.4) is 0 Å². The van der Waals surface area contributed by atoms with E-state index in [1.165, 1.54) is 0 Å². The zero-order valence-electron chi connectivity index (χ0n) is 10.4. The maximum atomic E-state index is 12.1. The second kappa shape index (κ2) is 4.75. The number of hydrogen-bond acceptors (Lipinski definition) is 4. The molecule has 5 nitrogen and oxygen atoms in total. The predicted octanol–water partition coefficient (Wildman–Crippen LogP) is 0.680. The number of ether oxygens (including phenoxy) is 1. The van der Waals surface area contributed by atoms with Crippen LogP contribution < -0.4 is 0 Å². The normalized spacial score (nSPS) is 23.8. The molecule has 19 heavy (non-hydrogen) atoms. The van der Waals surface area contributed by atoms with Gasteiger partial charge in [0.15, 0.2) is 0 Å². The molecule has 0 spiro atoms. The number of imide groups is 1. The molecule has 2 aliphatic heterocycles. The van der Waals surface area contributed by atoms with E-state index in [9.17, 15) is 14.7 Å². The molecule has 1 aromatic rings. The summed E-state index contributed by atoms with van der Waals surface area (Å²) in [5, 5.41) is 10.1. The predicted molar refractivity (Wildman–Crippen MR) is 66.7 cm³/mol. The molecule has 0 aliphatic carbocycles. The Kier molecular flexibility index (Phi) is 3.08. The van der Waals surface area contributed by atoms with E-state index in [1.54, 1.807) is 24.3 Å². The highest BCUT2D eigenvalue weighted by molar-refractivity contribution is 6.21. The molecule has 5 heteroatoms. The van der Waals surface area contributed by atoms with Gasteiger partial charge in [-0.05, 0) is 18.6 Å². The second-order valence-electron chi connectivity index (χ2n) is 4.96. The van der Waals surface area contributed by atoms with Crippen molar-refractivity contribution in [3.63, 3.8) is 0 Å². The van der Waals surface area contributed by atoms with Crippen LogP contribution in [0.4, 0.5) is 0 Å². The van der Waals surface area contributed by atoms with Crippen molar-refractivity contribution in [2.24, 2.45) is 5.92 Å². The number of carbonyl (C=O) groups is 2. The molecular weight excluding hydrogens is 246 g/mol. The summed E-state index contributed by atoms with van der Waals surface area (Å²) >= 11 is 0. The van der Waals surface area contributed by atoms with Crippen molar-refractivity contribution >= 4 is 11.8 Å². The quantitative estimate of drug-likeness (QED) is 0.812. The Balaban J connectivity index is 1.76. The average Bonchev–Trinajstić information content (AvgIpc) is 3.03. The summed E-state index contributed by atoms with van der Waals surface area (Å²) in [5.74, 6) is -0.638. The fourth-order valence-corrected chi connectivity index (χ4v) is 2.60. The summed E-state index contributed by atoms with van der Waals surface area (Å²) in [5.41, 5.74) is 0.838. The van der Waals surface area contributed by atoms with Crippen LogP contribution in [-0.2, 0) is 4.74 Å². The molecule has 1 N–H and O–H groups in total. The van der Waals surface area contributed by atoms with Gasteiger partial charge in [0.05, 0.1) is 30.4 Å². The molecule has 1 aromatic carbocycles. The standard InChI is InChI=1S/C14H15NO4/c16-12(9-5-6-19-8-9)7-15-13(17)10-3-1-2-4-11(10)14(15)18/h1-4,9,12,16H,5-8H2. The zero-order valence-corrected chi connectivity index (χ0v) is 10.4. The van der Waals surface area contributed by atoms with Gasteiger partial charge in [-0.1, -0.05) is 12.1 Å². The Bertz CT molecular complexity index is 487. The van der Waals surface area contributed by atoms with Gasteiger partial charge in [0, 0.05) is 12.5 Å². The zero-order chi connectivity index (χ0) is 13.4. The van der Waals surface area contributed by atoms with Crippen molar-refractivity contribution < 1.29 is 19.4 Å². The van der Waals surface area contributed by atoms with Gasteiger partial charge in [-0.3, -0.25) is 14.5 Å². The van der Waals surface area contributed by atoms with Crippen LogP contribution in [-0.4, -0.2) is 47.7 Å². The molecule has 0 radical (unpaired) electrons. The molecule has 2 unspecified atom stereocenters. The smallest absolute Gasteiger partial charge is 0.261 e. The van der Waals surface area contributed by atoms with Crippen LogP contribution in [0.5, 0.6) is 0 Å². The molecule has 0 saturated carbocycles. The van der Waals surface area contributed by atoms with Crippen molar-refractivity contribution in [3.05, 3.63) is 35.4 Å². The molecule has 2 aliphatic rings. The van der Waals surface area contributed by atoms with E-state index in [-0.39, 0.29) is 24.3 Å². The van der Waals surface area contributed by atoms with Crippen LogP contribution in [0.2, 0.25) is 0 Å². The monoisotopic (exact) mass is 261 g/mol. The Hall–Kier alpha value is -1.72. The van der Waals surface area contributed by atoms with Crippen molar-refractivity contribution in [3.8, 4) is 0 Å². The fourth-order valence-electron chi connectivity index (χ4n) is 2.60. The molecule has 2 amide bonds. The van der Waals surface area contributed by atoms with Gasteiger partial charge in [-0.15, -0.1) is 0 Å². The van der Waals surface area contributed by atoms with Gasteiger partial charge in [0.25, 0.3) is 11.8 Å². The van der Waals surface area contributed by atoms with Crippen molar-refractivity contribution in [2.75, 3.05) is 19.8 Å². The molecule has 2 atom stereocenters.